The van der Waals surface area contributed by atoms with Crippen molar-refractivity contribution in [2.24, 2.45) is 0 Å². The molecule has 5 rings (SSSR count). The highest BCUT2D eigenvalue weighted by atomic mass is 32.2. The van der Waals surface area contributed by atoms with Crippen LogP contribution in [0.15, 0.2) is 27.6 Å². The van der Waals surface area contributed by atoms with Crippen LogP contribution in [0.3, 0.4) is 0 Å². The number of nitrogens with zero attached hydrogens (tertiary/aromatic N) is 2. The first kappa shape index (κ1) is 19.9. The predicted octanol–water partition coefficient (Wildman–Crippen LogP) is 4.44. The van der Waals surface area contributed by atoms with E-state index in [9.17, 15) is 9.59 Å². The lowest BCUT2D eigenvalue weighted by Gasteiger charge is -2.28. The minimum absolute atomic E-state index is 0.0348. The van der Waals surface area contributed by atoms with Crippen LogP contribution in [0.1, 0.15) is 60.7 Å². The molecule has 0 aliphatic heterocycles. The van der Waals surface area contributed by atoms with Crippen molar-refractivity contribution in [3.05, 3.63) is 50.8 Å². The molecule has 0 bridgehead atoms. The van der Waals surface area contributed by atoms with E-state index >= 15 is 0 Å². The molecule has 3 aromatic heterocycles. The Morgan fingerprint density at radius 1 is 1.40 bits per heavy atom. The number of thiophene rings is 1. The third kappa shape index (κ3) is 3.83. The lowest BCUT2D eigenvalue weighted by molar-refractivity contribution is -0.131. The summed E-state index contributed by atoms with van der Waals surface area (Å²) in [6.07, 6.45) is 8.12. The standard InChI is InChI=1S/C22H25N3O3S2/c1-13(16-6-4-10-28-16)25(14-8-9-14)19(26)12-29-11-18-23-21(27)20-15-5-2-3-7-17(15)30-22(20)24-18/h4,6,10,13-14H,2-3,5,7-9,11-12H2,1H3,(H,23,24,27). The second-order valence-electron chi connectivity index (χ2n) is 8.12. The number of carbonyl (C=O) groups excluding carboxylic acids is 1. The Morgan fingerprint density at radius 3 is 3.00 bits per heavy atom. The number of carbonyl (C=O) groups is 1. The molecule has 0 spiro atoms. The summed E-state index contributed by atoms with van der Waals surface area (Å²) in [5.41, 5.74) is 1.17. The summed E-state index contributed by atoms with van der Waals surface area (Å²) in [6.45, 7) is 2.02. The Kier molecular flexibility index (Phi) is 5.45. The van der Waals surface area contributed by atoms with E-state index < -0.39 is 0 Å². The van der Waals surface area contributed by atoms with Gasteiger partial charge in [-0.25, -0.2) is 4.98 Å². The van der Waals surface area contributed by atoms with E-state index in [0.717, 1.165) is 48.1 Å². The Balaban J connectivity index is 1.26. The lowest BCUT2D eigenvalue weighted by Crippen LogP contribution is -2.36. The Morgan fingerprint density at radius 2 is 2.23 bits per heavy atom. The van der Waals surface area contributed by atoms with Crippen LogP contribution in [-0.2, 0) is 23.4 Å². The summed E-state index contributed by atoms with van der Waals surface area (Å²) in [7, 11) is 0. The number of aromatic amines is 1. The maximum absolute atomic E-state index is 12.9. The Bertz CT molecular complexity index is 1110. The average molecular weight is 444 g/mol. The molecule has 1 unspecified atom stereocenters. The van der Waals surface area contributed by atoms with Crippen LogP contribution in [-0.4, -0.2) is 32.6 Å². The van der Waals surface area contributed by atoms with Crippen LogP contribution in [0.4, 0.5) is 0 Å². The molecule has 1 fully saturated rings. The smallest absolute Gasteiger partial charge is 0.259 e. The zero-order valence-electron chi connectivity index (χ0n) is 17.0. The summed E-state index contributed by atoms with van der Waals surface area (Å²) in [4.78, 5) is 37.4. The number of hydrogen-bond acceptors (Lipinski definition) is 6. The van der Waals surface area contributed by atoms with Gasteiger partial charge < -0.3 is 14.3 Å². The van der Waals surface area contributed by atoms with Crippen molar-refractivity contribution in [1.82, 2.24) is 14.9 Å². The normalized spacial score (nSPS) is 17.1. The maximum Gasteiger partial charge on any atom is 0.259 e. The minimum Gasteiger partial charge on any atom is -0.467 e. The number of rotatable bonds is 7. The predicted molar refractivity (Wildman–Crippen MR) is 120 cm³/mol. The van der Waals surface area contributed by atoms with Crippen LogP contribution < -0.4 is 5.56 Å². The maximum atomic E-state index is 12.9. The van der Waals surface area contributed by atoms with Gasteiger partial charge in [0.25, 0.3) is 5.56 Å². The molecule has 1 amide bonds. The number of aryl methyl sites for hydroxylation is 2. The lowest BCUT2D eigenvalue weighted by atomic mass is 9.97. The summed E-state index contributed by atoms with van der Waals surface area (Å²) < 4.78 is 5.52. The summed E-state index contributed by atoms with van der Waals surface area (Å²) >= 11 is 3.17. The second kappa shape index (κ2) is 8.23. The van der Waals surface area contributed by atoms with E-state index in [1.807, 2.05) is 24.0 Å². The van der Waals surface area contributed by atoms with Crippen molar-refractivity contribution in [3.63, 3.8) is 0 Å². The van der Waals surface area contributed by atoms with Gasteiger partial charge in [0.05, 0.1) is 29.2 Å². The number of furan rings is 1. The molecule has 0 aromatic carbocycles. The highest BCUT2D eigenvalue weighted by Crippen LogP contribution is 2.36. The van der Waals surface area contributed by atoms with Crippen LogP contribution >= 0.6 is 23.1 Å². The molecule has 30 heavy (non-hydrogen) atoms. The van der Waals surface area contributed by atoms with Gasteiger partial charge in [0, 0.05) is 10.9 Å². The number of H-pyrrole nitrogens is 1. The molecule has 158 valence electrons. The molecule has 0 saturated heterocycles. The van der Waals surface area contributed by atoms with Crippen LogP contribution in [0, 0.1) is 0 Å². The van der Waals surface area contributed by atoms with E-state index in [0.29, 0.717) is 23.4 Å². The van der Waals surface area contributed by atoms with Crippen LogP contribution in [0.5, 0.6) is 0 Å². The van der Waals surface area contributed by atoms with E-state index in [1.165, 1.54) is 28.6 Å². The second-order valence-corrected chi connectivity index (χ2v) is 10.2. The fourth-order valence-corrected chi connectivity index (χ4v) is 6.38. The molecule has 3 heterocycles. The van der Waals surface area contributed by atoms with E-state index in [4.69, 9.17) is 9.40 Å². The molecule has 2 aliphatic carbocycles. The van der Waals surface area contributed by atoms with Crippen molar-refractivity contribution < 1.29 is 9.21 Å². The Labute approximate surface area is 183 Å². The summed E-state index contributed by atoms with van der Waals surface area (Å²) in [6, 6.07) is 4.03. The fraction of sp³-hybridized carbons (Fsp3) is 0.500. The number of thioether (sulfide) groups is 1. The molecule has 1 saturated carbocycles. The topological polar surface area (TPSA) is 79.2 Å². The number of amides is 1. The fourth-order valence-electron chi connectivity index (χ4n) is 4.34. The van der Waals surface area contributed by atoms with E-state index in [2.05, 4.69) is 4.98 Å². The van der Waals surface area contributed by atoms with Crippen molar-refractivity contribution in [2.75, 3.05) is 5.75 Å². The van der Waals surface area contributed by atoms with Gasteiger partial charge in [-0.1, -0.05) is 0 Å². The summed E-state index contributed by atoms with van der Waals surface area (Å²) in [5.74, 6) is 2.47. The van der Waals surface area contributed by atoms with Crippen molar-refractivity contribution in [1.29, 1.82) is 0 Å². The van der Waals surface area contributed by atoms with Gasteiger partial charge in [-0.15, -0.1) is 23.1 Å². The van der Waals surface area contributed by atoms with E-state index in [1.54, 1.807) is 17.6 Å². The summed E-state index contributed by atoms with van der Waals surface area (Å²) in [5, 5.41) is 0.784. The van der Waals surface area contributed by atoms with Gasteiger partial charge in [-0.05, 0) is 63.1 Å². The zero-order chi connectivity index (χ0) is 20.7. The number of hydrogen-bond donors (Lipinski definition) is 1. The third-order valence-corrected chi connectivity index (χ3v) is 8.05. The van der Waals surface area contributed by atoms with Crippen molar-refractivity contribution in [3.8, 4) is 0 Å². The first-order chi connectivity index (χ1) is 14.6. The molecule has 1 N–H and O–H groups in total. The largest absolute Gasteiger partial charge is 0.467 e. The number of fused-ring (bicyclic) bond motifs is 3. The Hall–Kier alpha value is -2.06. The van der Waals surface area contributed by atoms with Crippen LogP contribution in [0.2, 0.25) is 0 Å². The monoisotopic (exact) mass is 443 g/mol. The van der Waals surface area contributed by atoms with Gasteiger partial charge in [0.1, 0.15) is 16.4 Å². The quantitative estimate of drug-likeness (QED) is 0.584. The number of nitrogens with one attached hydrogen (secondary N) is 1. The molecule has 3 aromatic rings. The average Bonchev–Trinajstić information content (AvgIpc) is 3.26. The molecule has 0 radical (unpaired) electrons. The molecular weight excluding hydrogens is 418 g/mol. The third-order valence-electron chi connectivity index (χ3n) is 5.94. The molecular formula is C22H25N3O3S2. The van der Waals surface area contributed by atoms with Gasteiger partial charge in [-0.2, -0.15) is 0 Å². The van der Waals surface area contributed by atoms with Gasteiger partial charge in [0.15, 0.2) is 0 Å². The molecule has 1 atom stereocenters. The number of aromatic nitrogens is 2. The van der Waals surface area contributed by atoms with Gasteiger partial charge in [0.2, 0.25) is 5.91 Å². The minimum atomic E-state index is -0.0627. The van der Waals surface area contributed by atoms with Crippen molar-refractivity contribution in [2.45, 2.75) is 63.3 Å². The van der Waals surface area contributed by atoms with Gasteiger partial charge >= 0.3 is 0 Å². The highest BCUT2D eigenvalue weighted by Gasteiger charge is 2.36. The van der Waals surface area contributed by atoms with E-state index in [-0.39, 0.29) is 17.5 Å². The van der Waals surface area contributed by atoms with Crippen LogP contribution in [0.25, 0.3) is 10.2 Å². The molecule has 6 nitrogen and oxygen atoms in total. The van der Waals surface area contributed by atoms with Gasteiger partial charge in [-0.3, -0.25) is 9.59 Å². The molecule has 8 heteroatoms. The zero-order valence-corrected chi connectivity index (χ0v) is 18.6. The SMILES string of the molecule is CC(c1ccco1)N(C(=O)CSCc1nc2sc3c(c2c(=O)[nH]1)CCCC3)C1CC1. The molecule has 2 aliphatic rings. The van der Waals surface area contributed by atoms with Crippen molar-refractivity contribution >= 4 is 39.2 Å². The first-order valence-electron chi connectivity index (χ1n) is 10.6. The highest BCUT2D eigenvalue weighted by molar-refractivity contribution is 7.99. The first-order valence-corrected chi connectivity index (χ1v) is 12.5.